The number of fused-ring (bicyclic) bond motifs is 5. The highest BCUT2D eigenvalue weighted by atomic mass is 19.3. The van der Waals surface area contributed by atoms with Crippen LogP contribution in [0.2, 0.25) is 0 Å². The first-order valence-electron chi connectivity index (χ1n) is 15.6. The van der Waals surface area contributed by atoms with Crippen LogP contribution in [0.4, 0.5) is 13.6 Å². The van der Waals surface area contributed by atoms with Crippen LogP contribution in [-0.4, -0.2) is 84.3 Å². The topological polar surface area (TPSA) is 129 Å². The molecular weight excluding hydrogens is 590 g/mol. The number of rotatable bonds is 3. The zero-order chi connectivity index (χ0) is 32.5. The SMILES string of the molecule is CC[C@@H]1[C@@H]2CN(C(=O)[C@H](C(C)(C)C)NC(=O)O[C@@H]3CCC[C@H]3COCCC(F)(F)c3nc4ccc(OC)cc4nc3O2)[C@@H]1C=O. The number of alkyl halides is 2. The largest absolute Gasteiger partial charge is 0.497 e. The molecule has 0 unspecified atom stereocenters. The lowest BCUT2D eigenvalue weighted by atomic mass is 9.85. The highest BCUT2D eigenvalue weighted by Crippen LogP contribution is 2.40. The fourth-order valence-corrected chi connectivity index (χ4v) is 6.56. The Morgan fingerprint density at radius 1 is 1.13 bits per heavy atom. The van der Waals surface area contributed by atoms with Crippen molar-refractivity contribution in [2.75, 3.05) is 26.9 Å². The third-order valence-corrected chi connectivity index (χ3v) is 9.11. The van der Waals surface area contributed by atoms with Crippen LogP contribution >= 0.6 is 0 Å². The summed E-state index contributed by atoms with van der Waals surface area (Å²) in [6, 6.07) is 2.78. The molecule has 2 amide bonds. The zero-order valence-corrected chi connectivity index (χ0v) is 26.4. The molecule has 1 aliphatic carbocycles. The molecule has 3 heterocycles. The van der Waals surface area contributed by atoms with Gasteiger partial charge in [0, 0.05) is 24.3 Å². The Morgan fingerprint density at radius 3 is 2.60 bits per heavy atom. The van der Waals surface area contributed by atoms with Gasteiger partial charge in [0.2, 0.25) is 11.8 Å². The van der Waals surface area contributed by atoms with Gasteiger partial charge in [0.25, 0.3) is 5.92 Å². The van der Waals surface area contributed by atoms with E-state index in [1.54, 1.807) is 39.0 Å². The number of methoxy groups -OCH3 is 1. The highest BCUT2D eigenvalue weighted by molar-refractivity contribution is 5.89. The summed E-state index contributed by atoms with van der Waals surface area (Å²) >= 11 is 0. The van der Waals surface area contributed by atoms with Crippen molar-refractivity contribution in [3.05, 3.63) is 23.9 Å². The predicted molar refractivity (Wildman–Crippen MR) is 159 cm³/mol. The molecule has 0 radical (unpaired) electrons. The van der Waals surface area contributed by atoms with E-state index >= 15 is 8.78 Å². The third kappa shape index (κ3) is 6.83. The van der Waals surface area contributed by atoms with Gasteiger partial charge in [-0.25, -0.2) is 14.8 Å². The number of amides is 2. The summed E-state index contributed by atoms with van der Waals surface area (Å²) in [6.45, 7) is 7.03. The zero-order valence-electron chi connectivity index (χ0n) is 26.4. The van der Waals surface area contributed by atoms with E-state index in [4.69, 9.17) is 18.9 Å². The van der Waals surface area contributed by atoms with E-state index in [2.05, 4.69) is 15.3 Å². The number of benzene rings is 1. The van der Waals surface area contributed by atoms with Gasteiger partial charge in [-0.15, -0.1) is 0 Å². The molecule has 1 saturated heterocycles. The standard InChI is InChI=1S/C32H42F2N4O7/c1-6-20-23(16-39)38-15-25(20)44-28-26(35-21-11-10-19(42-5)14-22(21)36-28)32(33,34)12-13-43-17-18-8-7-9-24(18)45-30(41)37-27(29(38)40)31(2,3)4/h10-11,14,16,18,20,23-25,27H,6-9,12-13,15,17H2,1-5H3,(H,37,41)/t18-,20-,23+,24+,25-,27+/m0/s1. The van der Waals surface area contributed by atoms with Crippen molar-refractivity contribution >= 4 is 29.3 Å². The molecule has 45 heavy (non-hydrogen) atoms. The van der Waals surface area contributed by atoms with Gasteiger partial charge in [-0.2, -0.15) is 8.78 Å². The average Bonchev–Trinajstić information content (AvgIpc) is 3.59. The summed E-state index contributed by atoms with van der Waals surface area (Å²) in [5.74, 6) is -4.60. The number of aromatic nitrogens is 2. The minimum Gasteiger partial charge on any atom is -0.497 e. The molecule has 2 fully saturated rings. The minimum atomic E-state index is -3.48. The Kier molecular flexibility index (Phi) is 9.48. The Hall–Kier alpha value is -3.61. The molecular formula is C32H42F2N4O7. The lowest BCUT2D eigenvalue weighted by Gasteiger charge is -2.35. The van der Waals surface area contributed by atoms with Gasteiger partial charge in [0.05, 0.1) is 43.9 Å². The van der Waals surface area contributed by atoms with Crippen molar-refractivity contribution in [1.29, 1.82) is 0 Å². The monoisotopic (exact) mass is 632 g/mol. The second-order valence-electron chi connectivity index (χ2n) is 13.2. The number of ether oxygens (including phenoxy) is 4. The highest BCUT2D eigenvalue weighted by Gasteiger charge is 2.49. The Balaban J connectivity index is 1.58. The van der Waals surface area contributed by atoms with E-state index in [0.717, 1.165) is 6.42 Å². The van der Waals surface area contributed by atoms with Crippen molar-refractivity contribution in [3.8, 4) is 11.6 Å². The lowest BCUT2D eigenvalue weighted by molar-refractivity contribution is -0.139. The summed E-state index contributed by atoms with van der Waals surface area (Å²) in [5, 5.41) is 2.76. The number of hydrogen-bond donors (Lipinski definition) is 1. The van der Waals surface area contributed by atoms with Gasteiger partial charge in [-0.05, 0) is 43.2 Å². The van der Waals surface area contributed by atoms with Crippen molar-refractivity contribution < 1.29 is 42.1 Å². The number of aldehydes is 1. The van der Waals surface area contributed by atoms with E-state index in [-0.39, 0.29) is 42.6 Å². The van der Waals surface area contributed by atoms with Gasteiger partial charge in [0.15, 0.2) is 5.69 Å². The van der Waals surface area contributed by atoms with E-state index in [0.29, 0.717) is 31.3 Å². The fraction of sp³-hybridized carbons (Fsp3) is 0.656. The Bertz CT molecular complexity index is 1420. The third-order valence-electron chi connectivity index (χ3n) is 9.11. The second-order valence-corrected chi connectivity index (χ2v) is 13.2. The molecule has 5 rings (SSSR count). The maximum absolute atomic E-state index is 15.9. The van der Waals surface area contributed by atoms with Crippen LogP contribution in [0.15, 0.2) is 18.2 Å². The molecule has 13 heteroatoms. The summed E-state index contributed by atoms with van der Waals surface area (Å²) < 4.78 is 54.9. The van der Waals surface area contributed by atoms with Crippen molar-refractivity contribution in [2.45, 2.75) is 90.0 Å². The first kappa shape index (κ1) is 32.8. The average molecular weight is 633 g/mol. The Labute approximate surface area is 261 Å². The molecule has 0 spiro atoms. The smallest absolute Gasteiger partial charge is 0.408 e. The van der Waals surface area contributed by atoms with E-state index in [9.17, 15) is 14.4 Å². The van der Waals surface area contributed by atoms with Gasteiger partial charge in [-0.3, -0.25) is 4.79 Å². The van der Waals surface area contributed by atoms with Gasteiger partial charge in [0.1, 0.15) is 30.3 Å². The number of halogens is 2. The molecule has 2 aliphatic heterocycles. The molecule has 1 aromatic heterocycles. The number of alkyl carbamates (subject to hydrolysis) is 1. The van der Waals surface area contributed by atoms with Crippen LogP contribution < -0.4 is 14.8 Å². The van der Waals surface area contributed by atoms with Crippen molar-refractivity contribution in [2.24, 2.45) is 17.3 Å². The number of carbonyl (C=O) groups excluding carboxylic acids is 3. The maximum atomic E-state index is 15.9. The van der Waals surface area contributed by atoms with Gasteiger partial charge >= 0.3 is 6.09 Å². The van der Waals surface area contributed by atoms with Crippen LogP contribution in [0.25, 0.3) is 11.0 Å². The normalized spacial score (nSPS) is 29.4. The molecule has 246 valence electrons. The molecule has 1 saturated carbocycles. The van der Waals surface area contributed by atoms with E-state index in [1.807, 2.05) is 6.92 Å². The van der Waals surface area contributed by atoms with Crippen molar-refractivity contribution in [3.63, 3.8) is 0 Å². The molecule has 1 N–H and O–H groups in total. The molecule has 2 aromatic rings. The number of hydrogen-bond acceptors (Lipinski definition) is 9. The molecule has 1 aromatic carbocycles. The summed E-state index contributed by atoms with van der Waals surface area (Å²) in [4.78, 5) is 49.8. The van der Waals surface area contributed by atoms with Gasteiger partial charge in [-0.1, -0.05) is 27.7 Å². The van der Waals surface area contributed by atoms with Crippen LogP contribution in [0.1, 0.15) is 65.5 Å². The molecule has 3 aliphatic rings. The number of carbonyl (C=O) groups is 3. The van der Waals surface area contributed by atoms with E-state index < -0.39 is 65.7 Å². The number of nitrogens with one attached hydrogen (secondary N) is 1. The molecule has 2 bridgehead atoms. The minimum absolute atomic E-state index is 0.0826. The summed E-state index contributed by atoms with van der Waals surface area (Å²) in [6.07, 6.45) is 0.404. The quantitative estimate of drug-likeness (QED) is 0.481. The fourth-order valence-electron chi connectivity index (χ4n) is 6.56. The van der Waals surface area contributed by atoms with Crippen LogP contribution in [0.5, 0.6) is 11.6 Å². The summed E-state index contributed by atoms with van der Waals surface area (Å²) in [7, 11) is 1.48. The number of nitrogens with zero attached hydrogens (tertiary/aromatic N) is 3. The van der Waals surface area contributed by atoms with E-state index in [1.165, 1.54) is 12.0 Å². The van der Waals surface area contributed by atoms with Crippen LogP contribution in [0, 0.1) is 17.3 Å². The molecule has 11 nitrogen and oxygen atoms in total. The second kappa shape index (κ2) is 13.0. The van der Waals surface area contributed by atoms with Crippen LogP contribution in [0.3, 0.4) is 0 Å². The lowest BCUT2D eigenvalue weighted by Crippen LogP contribution is -2.56. The van der Waals surface area contributed by atoms with Crippen molar-refractivity contribution in [1.82, 2.24) is 20.2 Å². The molecule has 6 atom stereocenters. The first-order chi connectivity index (χ1) is 21.4. The van der Waals surface area contributed by atoms with Gasteiger partial charge < -0.3 is 34.0 Å². The predicted octanol–water partition coefficient (Wildman–Crippen LogP) is 4.64. The summed E-state index contributed by atoms with van der Waals surface area (Å²) in [5.41, 5.74) is -0.872. The Morgan fingerprint density at radius 2 is 1.91 bits per heavy atom. The first-order valence-corrected chi connectivity index (χ1v) is 15.6. The maximum Gasteiger partial charge on any atom is 0.408 e. The van der Waals surface area contributed by atoms with Crippen LogP contribution in [-0.2, 0) is 25.0 Å².